The second kappa shape index (κ2) is 4.92. The summed E-state index contributed by atoms with van der Waals surface area (Å²) in [5.41, 5.74) is 6.82. The molecule has 3 atom stereocenters. The lowest BCUT2D eigenvalue weighted by atomic mass is 9.95. The number of fused-ring (bicyclic) bond motifs is 2. The minimum atomic E-state index is -0.419. The molecule has 6 nitrogen and oxygen atoms in total. The van der Waals surface area contributed by atoms with Gasteiger partial charge < -0.3 is 10.5 Å². The van der Waals surface area contributed by atoms with E-state index in [9.17, 15) is 4.79 Å². The molecule has 2 aliphatic carbocycles. The Morgan fingerprint density at radius 1 is 1.47 bits per heavy atom. The van der Waals surface area contributed by atoms with Crippen LogP contribution in [0.5, 0.6) is 0 Å². The normalized spacial score (nSPS) is 28.8. The summed E-state index contributed by atoms with van der Waals surface area (Å²) < 4.78 is 6.71. The molecule has 2 bridgehead atoms. The van der Waals surface area contributed by atoms with E-state index in [4.69, 9.17) is 10.5 Å². The summed E-state index contributed by atoms with van der Waals surface area (Å²) >= 11 is 0. The smallest absolute Gasteiger partial charge is 0.360 e. The Labute approximate surface area is 112 Å². The topological polar surface area (TPSA) is 83.0 Å². The van der Waals surface area contributed by atoms with Crippen LogP contribution in [-0.4, -0.2) is 34.6 Å². The van der Waals surface area contributed by atoms with Gasteiger partial charge in [0.25, 0.3) is 0 Å². The maximum Gasteiger partial charge on any atom is 0.360 e. The second-order valence-electron chi connectivity index (χ2n) is 5.60. The van der Waals surface area contributed by atoms with Crippen LogP contribution in [0.4, 0.5) is 0 Å². The molecule has 0 spiro atoms. The number of hydrogen-bond donors (Lipinski definition) is 1. The Morgan fingerprint density at radius 3 is 2.89 bits per heavy atom. The Hall–Kier alpha value is -1.43. The maximum atomic E-state index is 11.7. The molecule has 0 amide bonds. The molecule has 0 aliphatic heterocycles. The van der Waals surface area contributed by atoms with Gasteiger partial charge in [0.2, 0.25) is 0 Å². The molecule has 6 heteroatoms. The lowest BCUT2D eigenvalue weighted by Gasteiger charge is -2.23. The molecule has 3 unspecified atom stereocenters. The van der Waals surface area contributed by atoms with Crippen LogP contribution >= 0.6 is 0 Å². The SMILES string of the molecule is COC(=O)c1nnn(C2CC3CCC2C3)c1CCN. The lowest BCUT2D eigenvalue weighted by molar-refractivity contribution is 0.0592. The van der Waals surface area contributed by atoms with Crippen LogP contribution in [0.15, 0.2) is 0 Å². The predicted molar refractivity (Wildman–Crippen MR) is 68.6 cm³/mol. The number of nitrogens with two attached hydrogens (primary N) is 1. The molecule has 104 valence electrons. The van der Waals surface area contributed by atoms with Gasteiger partial charge in [-0.05, 0) is 37.6 Å². The zero-order valence-corrected chi connectivity index (χ0v) is 11.2. The highest BCUT2D eigenvalue weighted by atomic mass is 16.5. The van der Waals surface area contributed by atoms with Gasteiger partial charge in [-0.1, -0.05) is 11.6 Å². The van der Waals surface area contributed by atoms with E-state index in [1.165, 1.54) is 26.4 Å². The molecule has 0 aromatic carbocycles. The fourth-order valence-corrected chi connectivity index (χ4v) is 3.72. The quantitative estimate of drug-likeness (QED) is 0.818. The van der Waals surface area contributed by atoms with Gasteiger partial charge in [-0.25, -0.2) is 9.48 Å². The zero-order valence-electron chi connectivity index (χ0n) is 11.2. The number of hydrogen-bond acceptors (Lipinski definition) is 5. The van der Waals surface area contributed by atoms with Gasteiger partial charge in [0.15, 0.2) is 5.69 Å². The molecule has 3 rings (SSSR count). The number of esters is 1. The van der Waals surface area contributed by atoms with Crippen LogP contribution in [0.25, 0.3) is 0 Å². The van der Waals surface area contributed by atoms with E-state index < -0.39 is 5.97 Å². The maximum absolute atomic E-state index is 11.7. The van der Waals surface area contributed by atoms with Crippen molar-refractivity contribution in [2.24, 2.45) is 17.6 Å². The molecule has 1 aromatic heterocycles. The van der Waals surface area contributed by atoms with Gasteiger partial charge in [0.1, 0.15) is 0 Å². The van der Waals surface area contributed by atoms with Crippen molar-refractivity contribution in [1.82, 2.24) is 15.0 Å². The third-order valence-corrected chi connectivity index (χ3v) is 4.57. The molecule has 2 fully saturated rings. The Balaban J connectivity index is 1.92. The summed E-state index contributed by atoms with van der Waals surface area (Å²) in [5, 5.41) is 8.23. The number of aromatic nitrogens is 3. The van der Waals surface area contributed by atoms with Crippen molar-refractivity contribution in [2.75, 3.05) is 13.7 Å². The first-order valence-electron chi connectivity index (χ1n) is 6.97. The van der Waals surface area contributed by atoms with Crippen LogP contribution in [0.2, 0.25) is 0 Å². The monoisotopic (exact) mass is 264 g/mol. The predicted octanol–water partition coefficient (Wildman–Crippen LogP) is 0.927. The molecule has 2 saturated carbocycles. The Bertz CT molecular complexity index is 485. The van der Waals surface area contributed by atoms with Crippen LogP contribution in [0.1, 0.15) is 47.9 Å². The molecular weight excluding hydrogens is 244 g/mol. The van der Waals surface area contributed by atoms with Crippen LogP contribution in [0.3, 0.4) is 0 Å². The third kappa shape index (κ3) is 2.04. The van der Waals surface area contributed by atoms with Crippen molar-refractivity contribution >= 4 is 5.97 Å². The molecule has 1 aromatic rings. The summed E-state index contributed by atoms with van der Waals surface area (Å²) in [7, 11) is 1.37. The summed E-state index contributed by atoms with van der Waals surface area (Å²) in [6.07, 6.45) is 5.68. The first-order valence-corrected chi connectivity index (χ1v) is 6.97. The van der Waals surface area contributed by atoms with Crippen molar-refractivity contribution in [1.29, 1.82) is 0 Å². The third-order valence-electron chi connectivity index (χ3n) is 4.57. The summed E-state index contributed by atoms with van der Waals surface area (Å²) in [6.45, 7) is 0.484. The van der Waals surface area contributed by atoms with E-state index >= 15 is 0 Å². The summed E-state index contributed by atoms with van der Waals surface area (Å²) in [4.78, 5) is 11.7. The van der Waals surface area contributed by atoms with Gasteiger partial charge in [-0.15, -0.1) is 5.10 Å². The van der Waals surface area contributed by atoms with E-state index in [0.717, 1.165) is 18.0 Å². The standard InChI is InChI=1S/C13H20N4O2/c1-19-13(18)12-10(4-5-14)17(16-15-12)11-7-8-2-3-9(11)6-8/h8-9,11H,2-7,14H2,1H3. The van der Waals surface area contributed by atoms with Gasteiger partial charge in [-0.2, -0.15) is 0 Å². The van der Waals surface area contributed by atoms with Gasteiger partial charge in [0.05, 0.1) is 18.8 Å². The van der Waals surface area contributed by atoms with Crippen LogP contribution in [0, 0.1) is 11.8 Å². The Kier molecular flexibility index (Phi) is 3.26. The highest BCUT2D eigenvalue weighted by Gasteiger charge is 2.42. The number of nitrogens with zero attached hydrogens (tertiary/aromatic N) is 3. The highest BCUT2D eigenvalue weighted by molar-refractivity contribution is 5.88. The van der Waals surface area contributed by atoms with Crippen LogP contribution < -0.4 is 5.73 Å². The number of carbonyl (C=O) groups excluding carboxylic acids is 1. The molecule has 19 heavy (non-hydrogen) atoms. The molecule has 0 saturated heterocycles. The molecule has 0 radical (unpaired) electrons. The summed E-state index contributed by atoms with van der Waals surface area (Å²) in [6, 6.07) is 0.395. The summed E-state index contributed by atoms with van der Waals surface area (Å²) in [5.74, 6) is 1.10. The molecular formula is C13H20N4O2. The van der Waals surface area contributed by atoms with Crippen molar-refractivity contribution in [3.05, 3.63) is 11.4 Å². The fraction of sp³-hybridized carbons (Fsp3) is 0.769. The number of rotatable bonds is 4. The molecule has 2 aliphatic rings. The van der Waals surface area contributed by atoms with Crippen LogP contribution in [-0.2, 0) is 11.2 Å². The highest BCUT2D eigenvalue weighted by Crippen LogP contribution is 2.50. The van der Waals surface area contributed by atoms with E-state index in [2.05, 4.69) is 10.3 Å². The largest absolute Gasteiger partial charge is 0.464 e. The van der Waals surface area contributed by atoms with E-state index in [1.54, 1.807) is 0 Å². The first-order chi connectivity index (χ1) is 9.24. The van der Waals surface area contributed by atoms with E-state index in [1.807, 2.05) is 4.68 Å². The number of carbonyl (C=O) groups is 1. The minimum absolute atomic E-state index is 0.329. The minimum Gasteiger partial charge on any atom is -0.464 e. The van der Waals surface area contributed by atoms with E-state index in [0.29, 0.717) is 30.6 Å². The number of methoxy groups -OCH3 is 1. The van der Waals surface area contributed by atoms with Crippen molar-refractivity contribution < 1.29 is 9.53 Å². The van der Waals surface area contributed by atoms with Crippen molar-refractivity contribution in [3.63, 3.8) is 0 Å². The van der Waals surface area contributed by atoms with Gasteiger partial charge >= 0.3 is 5.97 Å². The van der Waals surface area contributed by atoms with Gasteiger partial charge in [0, 0.05) is 6.42 Å². The van der Waals surface area contributed by atoms with Crippen molar-refractivity contribution in [3.8, 4) is 0 Å². The van der Waals surface area contributed by atoms with Gasteiger partial charge in [-0.3, -0.25) is 0 Å². The molecule has 2 N–H and O–H groups in total. The molecule has 1 heterocycles. The first kappa shape index (κ1) is 12.6. The van der Waals surface area contributed by atoms with E-state index in [-0.39, 0.29) is 0 Å². The lowest BCUT2D eigenvalue weighted by Crippen LogP contribution is -2.22. The second-order valence-corrected chi connectivity index (χ2v) is 5.60. The Morgan fingerprint density at radius 2 is 2.32 bits per heavy atom. The fourth-order valence-electron chi connectivity index (χ4n) is 3.72. The average Bonchev–Trinajstić information content (AvgIpc) is 3.12. The number of ether oxygens (including phenoxy) is 1. The zero-order chi connectivity index (χ0) is 13.4. The average molecular weight is 264 g/mol. The van der Waals surface area contributed by atoms with Crippen molar-refractivity contribution in [2.45, 2.75) is 38.1 Å².